The van der Waals surface area contributed by atoms with Crippen LogP contribution in [0.15, 0.2) is 22.6 Å². The Bertz CT molecular complexity index is 523. The third kappa shape index (κ3) is 1.40. The van der Waals surface area contributed by atoms with Crippen molar-refractivity contribution in [3.63, 3.8) is 0 Å². The number of furan rings is 1. The van der Waals surface area contributed by atoms with Gasteiger partial charge < -0.3 is 9.15 Å². The van der Waals surface area contributed by atoms with Crippen LogP contribution in [0.1, 0.15) is 23.0 Å². The van der Waals surface area contributed by atoms with E-state index >= 15 is 0 Å². The monoisotopic (exact) mass is 204 g/mol. The second-order valence-corrected chi connectivity index (χ2v) is 3.45. The number of hydrogen-bond donors (Lipinski definition) is 0. The number of Topliss-reactive ketones (excluding diaryl/α,β-unsaturated/α-hetero) is 1. The summed E-state index contributed by atoms with van der Waals surface area (Å²) in [6, 6.07) is 5.53. The lowest BCUT2D eigenvalue weighted by Crippen LogP contribution is -1.91. The Morgan fingerprint density at radius 2 is 2.13 bits per heavy atom. The van der Waals surface area contributed by atoms with Crippen LogP contribution in [0, 0.1) is 6.92 Å². The highest BCUT2D eigenvalue weighted by molar-refractivity contribution is 6.00. The summed E-state index contributed by atoms with van der Waals surface area (Å²) in [7, 11) is 1.61. The number of ketones is 1. The molecule has 0 aliphatic heterocycles. The molecule has 0 atom stereocenters. The predicted octanol–water partition coefficient (Wildman–Crippen LogP) is 2.95. The van der Waals surface area contributed by atoms with Crippen molar-refractivity contribution < 1.29 is 13.9 Å². The molecule has 0 radical (unpaired) electrons. The largest absolute Gasteiger partial charge is 0.496 e. The second-order valence-electron chi connectivity index (χ2n) is 3.45. The molecule has 15 heavy (non-hydrogen) atoms. The molecule has 0 saturated carbocycles. The molecule has 3 nitrogen and oxygen atoms in total. The van der Waals surface area contributed by atoms with E-state index in [1.165, 1.54) is 6.92 Å². The second kappa shape index (κ2) is 3.42. The minimum absolute atomic E-state index is 0.0641. The van der Waals surface area contributed by atoms with Gasteiger partial charge in [-0.3, -0.25) is 4.79 Å². The quantitative estimate of drug-likeness (QED) is 0.706. The Morgan fingerprint density at radius 3 is 2.73 bits per heavy atom. The predicted molar refractivity (Wildman–Crippen MR) is 57.5 cm³/mol. The van der Waals surface area contributed by atoms with Crippen molar-refractivity contribution in [3.8, 4) is 5.75 Å². The Kier molecular flexibility index (Phi) is 2.23. The van der Waals surface area contributed by atoms with Gasteiger partial charge in [0, 0.05) is 12.5 Å². The van der Waals surface area contributed by atoms with E-state index in [2.05, 4.69) is 0 Å². The van der Waals surface area contributed by atoms with Crippen LogP contribution in [0.5, 0.6) is 5.75 Å². The van der Waals surface area contributed by atoms with Crippen molar-refractivity contribution in [2.24, 2.45) is 0 Å². The third-order valence-corrected chi connectivity index (χ3v) is 2.46. The van der Waals surface area contributed by atoms with Gasteiger partial charge in [-0.05, 0) is 19.1 Å². The SMILES string of the molecule is COc1cccc2oc(C(C)=O)c(C)c12. The van der Waals surface area contributed by atoms with Crippen molar-refractivity contribution in [2.45, 2.75) is 13.8 Å². The maximum absolute atomic E-state index is 11.3. The highest BCUT2D eigenvalue weighted by atomic mass is 16.5. The fraction of sp³-hybridized carbons (Fsp3) is 0.250. The molecule has 0 spiro atoms. The van der Waals surface area contributed by atoms with Gasteiger partial charge in [0.2, 0.25) is 0 Å². The number of fused-ring (bicyclic) bond motifs is 1. The van der Waals surface area contributed by atoms with E-state index in [1.807, 2.05) is 25.1 Å². The van der Waals surface area contributed by atoms with Gasteiger partial charge in [0.25, 0.3) is 0 Å². The van der Waals surface area contributed by atoms with Crippen molar-refractivity contribution in [1.82, 2.24) is 0 Å². The maximum atomic E-state index is 11.3. The number of rotatable bonds is 2. The molecule has 78 valence electrons. The molecule has 2 aromatic rings. The van der Waals surface area contributed by atoms with Crippen molar-refractivity contribution >= 4 is 16.8 Å². The average molecular weight is 204 g/mol. The van der Waals surface area contributed by atoms with Gasteiger partial charge in [0.1, 0.15) is 11.3 Å². The number of carbonyl (C=O) groups excluding carboxylic acids is 1. The normalized spacial score (nSPS) is 10.6. The van der Waals surface area contributed by atoms with Crippen molar-refractivity contribution in [3.05, 3.63) is 29.5 Å². The highest BCUT2D eigenvalue weighted by Gasteiger charge is 2.16. The summed E-state index contributed by atoms with van der Waals surface area (Å²) >= 11 is 0. The minimum atomic E-state index is -0.0641. The van der Waals surface area contributed by atoms with Gasteiger partial charge in [-0.1, -0.05) is 6.07 Å². The molecular formula is C12H12O3. The first-order chi connectivity index (χ1) is 7.15. The summed E-state index contributed by atoms with van der Waals surface area (Å²) < 4.78 is 10.7. The van der Waals surface area contributed by atoms with E-state index < -0.39 is 0 Å². The standard InChI is InChI=1S/C12H12O3/c1-7-11-9(14-3)5-4-6-10(11)15-12(7)8(2)13/h4-6H,1-3H3. The van der Waals surface area contributed by atoms with Crippen LogP contribution in [0.25, 0.3) is 11.0 Å². The Balaban J connectivity index is 2.82. The topological polar surface area (TPSA) is 39.4 Å². The number of ether oxygens (including phenoxy) is 1. The zero-order valence-electron chi connectivity index (χ0n) is 8.96. The van der Waals surface area contributed by atoms with E-state index in [9.17, 15) is 4.79 Å². The lowest BCUT2D eigenvalue weighted by molar-refractivity contribution is 0.0988. The van der Waals surface area contributed by atoms with E-state index in [4.69, 9.17) is 9.15 Å². The summed E-state index contributed by atoms with van der Waals surface area (Å²) in [5.41, 5.74) is 1.53. The molecule has 0 fully saturated rings. The van der Waals surface area contributed by atoms with E-state index in [-0.39, 0.29) is 5.78 Å². The van der Waals surface area contributed by atoms with Gasteiger partial charge >= 0.3 is 0 Å². The average Bonchev–Trinajstić information content (AvgIpc) is 2.56. The molecule has 0 bridgehead atoms. The molecule has 1 heterocycles. The molecule has 0 unspecified atom stereocenters. The van der Waals surface area contributed by atoms with Gasteiger partial charge in [0.15, 0.2) is 11.5 Å². The van der Waals surface area contributed by atoms with Crippen LogP contribution < -0.4 is 4.74 Å². The third-order valence-electron chi connectivity index (χ3n) is 2.46. The minimum Gasteiger partial charge on any atom is -0.496 e. The fourth-order valence-corrected chi connectivity index (χ4v) is 1.77. The smallest absolute Gasteiger partial charge is 0.195 e. The lowest BCUT2D eigenvalue weighted by Gasteiger charge is -2.00. The number of hydrogen-bond acceptors (Lipinski definition) is 3. The van der Waals surface area contributed by atoms with Gasteiger partial charge in [-0.2, -0.15) is 0 Å². The first-order valence-corrected chi connectivity index (χ1v) is 4.72. The zero-order chi connectivity index (χ0) is 11.0. The summed E-state index contributed by atoms with van der Waals surface area (Å²) in [6.07, 6.45) is 0. The highest BCUT2D eigenvalue weighted by Crippen LogP contribution is 2.32. The van der Waals surface area contributed by atoms with Crippen molar-refractivity contribution in [2.75, 3.05) is 7.11 Å². The Labute approximate surface area is 87.6 Å². The van der Waals surface area contributed by atoms with Crippen LogP contribution >= 0.6 is 0 Å². The van der Waals surface area contributed by atoms with Crippen LogP contribution in [0.2, 0.25) is 0 Å². The molecule has 1 aromatic carbocycles. The van der Waals surface area contributed by atoms with Gasteiger partial charge in [-0.15, -0.1) is 0 Å². The maximum Gasteiger partial charge on any atom is 0.195 e. The molecule has 0 aliphatic rings. The molecule has 0 saturated heterocycles. The van der Waals surface area contributed by atoms with E-state index in [1.54, 1.807) is 7.11 Å². The molecule has 2 rings (SSSR count). The number of carbonyl (C=O) groups is 1. The van der Waals surface area contributed by atoms with Crippen LogP contribution in [0.3, 0.4) is 0 Å². The lowest BCUT2D eigenvalue weighted by atomic mass is 10.1. The number of aryl methyl sites for hydroxylation is 1. The Hall–Kier alpha value is -1.77. The molecule has 1 aromatic heterocycles. The number of methoxy groups -OCH3 is 1. The summed E-state index contributed by atoms with van der Waals surface area (Å²) in [5, 5.41) is 0.880. The summed E-state index contributed by atoms with van der Waals surface area (Å²) in [5.74, 6) is 1.08. The number of benzene rings is 1. The molecule has 0 amide bonds. The van der Waals surface area contributed by atoms with Gasteiger partial charge in [-0.25, -0.2) is 0 Å². The summed E-state index contributed by atoms with van der Waals surface area (Å²) in [4.78, 5) is 11.3. The van der Waals surface area contributed by atoms with Crippen LogP contribution in [-0.2, 0) is 0 Å². The van der Waals surface area contributed by atoms with Crippen LogP contribution in [0.4, 0.5) is 0 Å². The first kappa shape index (κ1) is 9.77. The van der Waals surface area contributed by atoms with Crippen molar-refractivity contribution in [1.29, 1.82) is 0 Å². The van der Waals surface area contributed by atoms with E-state index in [0.29, 0.717) is 11.3 Å². The molecule has 0 aliphatic carbocycles. The molecule has 0 N–H and O–H groups in total. The molecule has 3 heteroatoms. The zero-order valence-corrected chi connectivity index (χ0v) is 8.96. The van der Waals surface area contributed by atoms with E-state index in [0.717, 1.165) is 16.7 Å². The molecular weight excluding hydrogens is 192 g/mol. The van der Waals surface area contributed by atoms with Gasteiger partial charge in [0.05, 0.1) is 12.5 Å². The first-order valence-electron chi connectivity index (χ1n) is 4.72. The Morgan fingerprint density at radius 1 is 1.40 bits per heavy atom. The summed E-state index contributed by atoms with van der Waals surface area (Å²) in [6.45, 7) is 3.36. The van der Waals surface area contributed by atoms with Crippen LogP contribution in [-0.4, -0.2) is 12.9 Å². The fourth-order valence-electron chi connectivity index (χ4n) is 1.77.